The van der Waals surface area contributed by atoms with Crippen LogP contribution in [0, 0.1) is 0 Å². The molecule has 154 valence electrons. The number of hydrogen-bond donors (Lipinski definition) is 2. The van der Waals surface area contributed by atoms with E-state index in [4.69, 9.17) is 16.3 Å². The number of anilines is 1. The fourth-order valence-electron chi connectivity index (χ4n) is 2.51. The fourth-order valence-corrected chi connectivity index (χ4v) is 4.16. The SMILES string of the molecule is O=C(CNc1ccccc1)N/N=C\c1cc(Br)c(OCc2ccccc2Cl)c(Br)c1. The lowest BCUT2D eigenvalue weighted by Gasteiger charge is -2.12. The number of carbonyl (C=O) groups is 1. The summed E-state index contributed by atoms with van der Waals surface area (Å²) in [5.41, 5.74) is 5.06. The minimum atomic E-state index is -0.243. The van der Waals surface area contributed by atoms with E-state index in [0.29, 0.717) is 17.4 Å². The number of carbonyl (C=O) groups excluding carboxylic acids is 1. The highest BCUT2D eigenvalue weighted by Gasteiger charge is 2.10. The van der Waals surface area contributed by atoms with Gasteiger partial charge in [-0.15, -0.1) is 0 Å². The molecule has 0 spiro atoms. The summed E-state index contributed by atoms with van der Waals surface area (Å²) >= 11 is 13.2. The summed E-state index contributed by atoms with van der Waals surface area (Å²) in [5, 5.41) is 7.69. The summed E-state index contributed by atoms with van der Waals surface area (Å²) in [4.78, 5) is 11.9. The van der Waals surface area contributed by atoms with Crippen molar-refractivity contribution in [1.29, 1.82) is 0 Å². The van der Waals surface area contributed by atoms with Crippen LogP contribution in [-0.4, -0.2) is 18.7 Å². The largest absolute Gasteiger partial charge is 0.486 e. The molecule has 0 fully saturated rings. The Morgan fingerprint density at radius 1 is 1.03 bits per heavy atom. The van der Waals surface area contributed by atoms with Gasteiger partial charge in [0.2, 0.25) is 0 Å². The van der Waals surface area contributed by atoms with Crippen molar-refractivity contribution in [1.82, 2.24) is 5.43 Å². The van der Waals surface area contributed by atoms with Gasteiger partial charge in [0, 0.05) is 16.3 Å². The van der Waals surface area contributed by atoms with Gasteiger partial charge in [-0.1, -0.05) is 48.0 Å². The highest BCUT2D eigenvalue weighted by molar-refractivity contribution is 9.11. The molecule has 30 heavy (non-hydrogen) atoms. The third kappa shape index (κ3) is 6.58. The molecule has 3 aromatic carbocycles. The molecule has 0 aliphatic carbocycles. The molecule has 8 heteroatoms. The molecular weight excluding hydrogens is 534 g/mol. The zero-order valence-corrected chi connectivity index (χ0v) is 19.7. The lowest BCUT2D eigenvalue weighted by atomic mass is 10.2. The second kappa shape index (κ2) is 11.2. The molecule has 3 aromatic rings. The van der Waals surface area contributed by atoms with E-state index in [-0.39, 0.29) is 12.5 Å². The van der Waals surface area contributed by atoms with Gasteiger partial charge in [0.15, 0.2) is 0 Å². The molecule has 0 unspecified atom stereocenters. The van der Waals surface area contributed by atoms with Crippen LogP contribution in [0.4, 0.5) is 5.69 Å². The number of hydrogen-bond acceptors (Lipinski definition) is 4. The summed E-state index contributed by atoms with van der Waals surface area (Å²) in [6.45, 7) is 0.471. The number of amides is 1. The number of nitrogens with zero attached hydrogens (tertiary/aromatic N) is 1. The molecule has 5 nitrogen and oxygen atoms in total. The van der Waals surface area contributed by atoms with E-state index in [2.05, 4.69) is 47.7 Å². The van der Waals surface area contributed by atoms with Gasteiger partial charge in [-0.2, -0.15) is 5.10 Å². The number of rotatable bonds is 8. The molecule has 0 radical (unpaired) electrons. The Balaban J connectivity index is 1.55. The highest BCUT2D eigenvalue weighted by atomic mass is 79.9. The van der Waals surface area contributed by atoms with Crippen molar-refractivity contribution in [2.75, 3.05) is 11.9 Å². The number of hydrazone groups is 1. The number of ether oxygens (including phenoxy) is 1. The van der Waals surface area contributed by atoms with E-state index in [1.54, 1.807) is 6.21 Å². The second-order valence-corrected chi connectivity index (χ2v) is 8.32. The maximum atomic E-state index is 11.9. The Kier molecular flexibility index (Phi) is 8.30. The first kappa shape index (κ1) is 22.3. The average molecular weight is 552 g/mol. The predicted molar refractivity (Wildman–Crippen MR) is 128 cm³/mol. The number of nitrogens with one attached hydrogen (secondary N) is 2. The first-order valence-corrected chi connectivity index (χ1v) is 11.0. The average Bonchev–Trinajstić information content (AvgIpc) is 2.73. The van der Waals surface area contributed by atoms with Gasteiger partial charge < -0.3 is 10.1 Å². The molecule has 3 rings (SSSR count). The third-order valence-electron chi connectivity index (χ3n) is 3.98. The van der Waals surface area contributed by atoms with Gasteiger partial charge in [-0.3, -0.25) is 4.79 Å². The molecular formula is C22H18Br2ClN3O2. The van der Waals surface area contributed by atoms with Crippen molar-refractivity contribution in [3.63, 3.8) is 0 Å². The first-order chi connectivity index (χ1) is 14.5. The number of halogens is 3. The van der Waals surface area contributed by atoms with Crippen LogP contribution >= 0.6 is 43.5 Å². The zero-order chi connectivity index (χ0) is 21.3. The Morgan fingerprint density at radius 3 is 2.40 bits per heavy atom. The highest BCUT2D eigenvalue weighted by Crippen LogP contribution is 2.35. The van der Waals surface area contributed by atoms with E-state index < -0.39 is 0 Å². The Morgan fingerprint density at radius 2 is 1.70 bits per heavy atom. The van der Waals surface area contributed by atoms with Gasteiger partial charge >= 0.3 is 0 Å². The molecule has 0 saturated carbocycles. The molecule has 0 aromatic heterocycles. The monoisotopic (exact) mass is 549 g/mol. The van der Waals surface area contributed by atoms with E-state index in [1.807, 2.05) is 66.7 Å². The van der Waals surface area contributed by atoms with Crippen molar-refractivity contribution in [2.45, 2.75) is 6.61 Å². The summed E-state index contributed by atoms with van der Waals surface area (Å²) < 4.78 is 7.41. The Labute approximate surface area is 196 Å². The third-order valence-corrected chi connectivity index (χ3v) is 5.53. The van der Waals surface area contributed by atoms with Gasteiger partial charge in [-0.05, 0) is 67.8 Å². The molecule has 2 N–H and O–H groups in total. The Bertz CT molecular complexity index is 1020. The second-order valence-electron chi connectivity index (χ2n) is 6.21. The molecule has 0 atom stereocenters. The van der Waals surface area contributed by atoms with Crippen molar-refractivity contribution in [2.24, 2.45) is 5.10 Å². The maximum absolute atomic E-state index is 11.9. The van der Waals surface area contributed by atoms with Crippen molar-refractivity contribution >= 4 is 61.3 Å². The Hall–Kier alpha value is -2.35. The molecule has 0 aliphatic rings. The van der Waals surface area contributed by atoms with Crippen molar-refractivity contribution < 1.29 is 9.53 Å². The van der Waals surface area contributed by atoms with E-state index in [1.165, 1.54) is 0 Å². The maximum Gasteiger partial charge on any atom is 0.259 e. The van der Waals surface area contributed by atoms with Gasteiger partial charge in [0.25, 0.3) is 5.91 Å². The number of para-hydroxylation sites is 1. The molecule has 1 amide bonds. The van der Waals surface area contributed by atoms with E-state index in [9.17, 15) is 4.79 Å². The van der Waals surface area contributed by atoms with Crippen LogP contribution in [0.2, 0.25) is 5.02 Å². The van der Waals surface area contributed by atoms with Crippen molar-refractivity contribution in [3.8, 4) is 5.75 Å². The summed E-state index contributed by atoms with van der Waals surface area (Å²) in [6, 6.07) is 20.7. The molecule has 0 saturated heterocycles. The summed E-state index contributed by atoms with van der Waals surface area (Å²) in [5.74, 6) is 0.413. The van der Waals surface area contributed by atoms with Crippen LogP contribution in [0.15, 0.2) is 80.8 Å². The van der Waals surface area contributed by atoms with Gasteiger partial charge in [0.1, 0.15) is 12.4 Å². The first-order valence-electron chi connectivity index (χ1n) is 8.99. The van der Waals surface area contributed by atoms with Gasteiger partial charge in [0.05, 0.1) is 21.7 Å². The lowest BCUT2D eigenvalue weighted by molar-refractivity contribution is -0.119. The quantitative estimate of drug-likeness (QED) is 0.266. The smallest absolute Gasteiger partial charge is 0.259 e. The minimum absolute atomic E-state index is 0.129. The molecule has 0 heterocycles. The lowest BCUT2D eigenvalue weighted by Crippen LogP contribution is -2.25. The van der Waals surface area contributed by atoms with Crippen LogP contribution in [-0.2, 0) is 11.4 Å². The standard InChI is InChI=1S/C22H18Br2ClN3O2/c23-18-10-15(12-27-28-21(29)13-26-17-7-2-1-3-8-17)11-19(24)22(18)30-14-16-6-4-5-9-20(16)25/h1-12,26H,13-14H2,(H,28,29)/b27-12-. The van der Waals surface area contributed by atoms with Crippen LogP contribution in [0.3, 0.4) is 0 Å². The van der Waals surface area contributed by atoms with E-state index in [0.717, 1.165) is 25.8 Å². The van der Waals surface area contributed by atoms with Crippen molar-refractivity contribution in [3.05, 3.63) is 91.8 Å². The minimum Gasteiger partial charge on any atom is -0.486 e. The normalized spacial score (nSPS) is 10.8. The summed E-state index contributed by atoms with van der Waals surface area (Å²) in [6.07, 6.45) is 1.56. The van der Waals surface area contributed by atoms with Gasteiger partial charge in [-0.25, -0.2) is 5.43 Å². The molecule has 0 aliphatic heterocycles. The van der Waals surface area contributed by atoms with Crippen LogP contribution < -0.4 is 15.5 Å². The van der Waals surface area contributed by atoms with Crippen LogP contribution in [0.1, 0.15) is 11.1 Å². The topological polar surface area (TPSA) is 62.7 Å². The fraction of sp³-hybridized carbons (Fsp3) is 0.0909. The van der Waals surface area contributed by atoms with Crippen LogP contribution in [0.25, 0.3) is 0 Å². The molecule has 0 bridgehead atoms. The van der Waals surface area contributed by atoms with E-state index >= 15 is 0 Å². The van der Waals surface area contributed by atoms with Crippen LogP contribution in [0.5, 0.6) is 5.75 Å². The predicted octanol–water partition coefficient (Wildman–Crippen LogP) is 6.01. The number of benzene rings is 3. The summed E-state index contributed by atoms with van der Waals surface area (Å²) in [7, 11) is 0. The zero-order valence-electron chi connectivity index (χ0n) is 15.7.